The molecule has 0 atom stereocenters. The van der Waals surface area contributed by atoms with E-state index >= 15 is 0 Å². The molecule has 15 heavy (non-hydrogen) atoms. The molecule has 86 valence electrons. The van der Waals surface area contributed by atoms with Crippen LogP contribution in [0.15, 0.2) is 12.7 Å². The predicted octanol–water partition coefficient (Wildman–Crippen LogP) is 1.10. The summed E-state index contributed by atoms with van der Waals surface area (Å²) in [6.07, 6.45) is 0.553. The van der Waals surface area contributed by atoms with E-state index in [0.717, 1.165) is 6.08 Å². The lowest BCUT2D eigenvalue weighted by atomic mass is 10.2. The molecule has 0 heterocycles. The lowest BCUT2D eigenvalue weighted by Gasteiger charge is -2.08. The average molecular weight is 215 g/mol. The Balaban J connectivity index is 3.39. The molecule has 5 heteroatoms. The van der Waals surface area contributed by atoms with Crippen molar-refractivity contribution >= 4 is 12.1 Å². The van der Waals surface area contributed by atoms with Gasteiger partial charge >= 0.3 is 12.1 Å². The van der Waals surface area contributed by atoms with E-state index in [0.29, 0.717) is 12.5 Å². The third-order valence-corrected chi connectivity index (χ3v) is 1.38. The van der Waals surface area contributed by atoms with Crippen LogP contribution in [-0.2, 0) is 14.3 Å². The van der Waals surface area contributed by atoms with Crippen LogP contribution < -0.4 is 5.32 Å². The number of hydrogen-bond acceptors (Lipinski definition) is 4. The summed E-state index contributed by atoms with van der Waals surface area (Å²) >= 11 is 0. The van der Waals surface area contributed by atoms with E-state index in [-0.39, 0.29) is 13.2 Å². The minimum absolute atomic E-state index is 0.0416. The van der Waals surface area contributed by atoms with E-state index in [1.165, 1.54) is 0 Å². The highest BCUT2D eigenvalue weighted by Crippen LogP contribution is 1.88. The van der Waals surface area contributed by atoms with Gasteiger partial charge in [0, 0.05) is 12.6 Å². The number of esters is 1. The van der Waals surface area contributed by atoms with Gasteiger partial charge in [-0.1, -0.05) is 20.4 Å². The van der Waals surface area contributed by atoms with Gasteiger partial charge in [0.05, 0.1) is 0 Å². The molecule has 0 aliphatic heterocycles. The fourth-order valence-electron chi connectivity index (χ4n) is 0.674. The van der Waals surface area contributed by atoms with Gasteiger partial charge in [0.15, 0.2) is 0 Å². The van der Waals surface area contributed by atoms with Crippen molar-refractivity contribution in [2.75, 3.05) is 19.8 Å². The summed E-state index contributed by atoms with van der Waals surface area (Å²) < 4.78 is 9.33. The second kappa shape index (κ2) is 7.84. The first kappa shape index (κ1) is 13.5. The van der Waals surface area contributed by atoms with Crippen LogP contribution in [0.4, 0.5) is 4.79 Å². The number of hydrogen-bond donors (Lipinski definition) is 1. The number of alkyl carbamates (subject to hydrolysis) is 1. The van der Waals surface area contributed by atoms with Gasteiger partial charge in [0.2, 0.25) is 0 Å². The average Bonchev–Trinajstić information content (AvgIpc) is 2.21. The zero-order valence-corrected chi connectivity index (χ0v) is 9.12. The summed E-state index contributed by atoms with van der Waals surface area (Å²) in [5.74, 6) is -0.155. The third-order valence-electron chi connectivity index (χ3n) is 1.38. The van der Waals surface area contributed by atoms with E-state index in [2.05, 4.69) is 16.6 Å². The van der Waals surface area contributed by atoms with E-state index in [4.69, 9.17) is 4.74 Å². The Labute approximate surface area is 89.4 Å². The van der Waals surface area contributed by atoms with Gasteiger partial charge in [0.25, 0.3) is 0 Å². The molecule has 5 nitrogen and oxygen atoms in total. The highest BCUT2D eigenvalue weighted by molar-refractivity contribution is 5.81. The Morgan fingerprint density at radius 3 is 2.47 bits per heavy atom. The molecule has 0 saturated carbocycles. The number of ether oxygens (including phenoxy) is 2. The predicted molar refractivity (Wildman–Crippen MR) is 55.3 cm³/mol. The molecule has 0 aromatic rings. The SMILES string of the molecule is C=CC(=O)OCCOC(=O)NCC(C)C. The zero-order valence-electron chi connectivity index (χ0n) is 9.12. The zero-order chi connectivity index (χ0) is 11.7. The summed E-state index contributed by atoms with van der Waals surface area (Å²) in [5.41, 5.74) is 0. The molecule has 0 aromatic heterocycles. The normalized spacial score (nSPS) is 9.53. The van der Waals surface area contributed by atoms with Crippen LogP contribution in [0.3, 0.4) is 0 Å². The molecule has 0 aromatic carbocycles. The van der Waals surface area contributed by atoms with Gasteiger partial charge in [0.1, 0.15) is 13.2 Å². The molecule has 0 aliphatic carbocycles. The monoisotopic (exact) mass is 215 g/mol. The van der Waals surface area contributed by atoms with Gasteiger partial charge in [-0.2, -0.15) is 0 Å². The maximum atomic E-state index is 11.0. The standard InChI is InChI=1S/C10H17NO4/c1-4-9(12)14-5-6-15-10(13)11-7-8(2)3/h4,8H,1,5-7H2,2-3H3,(H,11,13). The molecule has 0 bridgehead atoms. The van der Waals surface area contributed by atoms with Crippen molar-refractivity contribution in [3.8, 4) is 0 Å². The first-order valence-electron chi connectivity index (χ1n) is 4.76. The molecular weight excluding hydrogens is 198 g/mol. The number of rotatable bonds is 6. The Bertz CT molecular complexity index is 225. The first-order chi connectivity index (χ1) is 7.06. The maximum Gasteiger partial charge on any atom is 0.407 e. The second-order valence-corrected chi connectivity index (χ2v) is 3.28. The molecule has 0 fully saturated rings. The Morgan fingerprint density at radius 1 is 1.33 bits per heavy atom. The smallest absolute Gasteiger partial charge is 0.407 e. The van der Waals surface area contributed by atoms with Crippen LogP contribution in [0, 0.1) is 5.92 Å². The molecule has 0 aliphatic rings. The third kappa shape index (κ3) is 8.80. The molecule has 0 spiro atoms. The highest BCUT2D eigenvalue weighted by Gasteiger charge is 2.03. The molecular formula is C10H17NO4. The van der Waals surface area contributed by atoms with Crippen LogP contribution in [0.25, 0.3) is 0 Å². The molecule has 1 amide bonds. The van der Waals surface area contributed by atoms with Crippen molar-refractivity contribution in [3.63, 3.8) is 0 Å². The Hall–Kier alpha value is -1.52. The number of nitrogens with one attached hydrogen (secondary N) is 1. The van der Waals surface area contributed by atoms with Crippen LogP contribution >= 0.6 is 0 Å². The quantitative estimate of drug-likeness (QED) is 0.409. The number of amides is 1. The van der Waals surface area contributed by atoms with Crippen LogP contribution in [-0.4, -0.2) is 31.8 Å². The van der Waals surface area contributed by atoms with E-state index in [1.807, 2.05) is 13.8 Å². The van der Waals surface area contributed by atoms with Crippen molar-refractivity contribution in [3.05, 3.63) is 12.7 Å². The van der Waals surface area contributed by atoms with Gasteiger partial charge in [-0.25, -0.2) is 9.59 Å². The van der Waals surface area contributed by atoms with Crippen molar-refractivity contribution in [2.45, 2.75) is 13.8 Å². The van der Waals surface area contributed by atoms with Crippen molar-refractivity contribution < 1.29 is 19.1 Å². The molecule has 0 unspecified atom stereocenters. The van der Waals surface area contributed by atoms with Crippen molar-refractivity contribution in [1.82, 2.24) is 5.32 Å². The lowest BCUT2D eigenvalue weighted by molar-refractivity contribution is -0.138. The second-order valence-electron chi connectivity index (χ2n) is 3.28. The summed E-state index contributed by atoms with van der Waals surface area (Å²) in [4.78, 5) is 21.5. The van der Waals surface area contributed by atoms with Gasteiger partial charge < -0.3 is 14.8 Å². The van der Waals surface area contributed by atoms with Gasteiger partial charge in [-0.15, -0.1) is 0 Å². The van der Waals surface area contributed by atoms with E-state index < -0.39 is 12.1 Å². The van der Waals surface area contributed by atoms with E-state index in [9.17, 15) is 9.59 Å². The largest absolute Gasteiger partial charge is 0.459 e. The highest BCUT2D eigenvalue weighted by atomic mass is 16.6. The summed E-state index contributed by atoms with van der Waals surface area (Å²) in [6, 6.07) is 0. The fraction of sp³-hybridized carbons (Fsp3) is 0.600. The maximum absolute atomic E-state index is 11.0. The van der Waals surface area contributed by atoms with Crippen molar-refractivity contribution in [1.29, 1.82) is 0 Å². The molecule has 0 saturated heterocycles. The van der Waals surface area contributed by atoms with Crippen molar-refractivity contribution in [2.24, 2.45) is 5.92 Å². The van der Waals surface area contributed by atoms with Crippen LogP contribution in [0.2, 0.25) is 0 Å². The number of carbonyl (C=O) groups is 2. The minimum atomic E-state index is -0.527. The Kier molecular flexibility index (Phi) is 7.05. The van der Waals surface area contributed by atoms with E-state index in [1.54, 1.807) is 0 Å². The Morgan fingerprint density at radius 2 is 1.93 bits per heavy atom. The minimum Gasteiger partial charge on any atom is -0.459 e. The number of carbonyl (C=O) groups excluding carboxylic acids is 2. The first-order valence-corrected chi connectivity index (χ1v) is 4.76. The topological polar surface area (TPSA) is 64.6 Å². The molecule has 0 radical (unpaired) electrons. The summed E-state index contributed by atoms with van der Waals surface area (Å²) in [7, 11) is 0. The van der Waals surface area contributed by atoms with Gasteiger partial charge in [-0.3, -0.25) is 0 Å². The summed E-state index contributed by atoms with van der Waals surface area (Å²) in [6.45, 7) is 7.83. The lowest BCUT2D eigenvalue weighted by Crippen LogP contribution is -2.29. The van der Waals surface area contributed by atoms with Crippen LogP contribution in [0.1, 0.15) is 13.8 Å². The molecule has 0 rings (SSSR count). The van der Waals surface area contributed by atoms with Gasteiger partial charge in [-0.05, 0) is 5.92 Å². The summed E-state index contributed by atoms with van der Waals surface area (Å²) in [5, 5.41) is 2.56. The van der Waals surface area contributed by atoms with Crippen LogP contribution in [0.5, 0.6) is 0 Å². The molecule has 1 N–H and O–H groups in total. The fourth-order valence-corrected chi connectivity index (χ4v) is 0.674.